The SMILES string of the molecule is CCOC(=O)C1=C(COC(=O)c2ccccc2Cl)NC(=O)NC1c1ccco1. The van der Waals surface area contributed by atoms with E-state index in [1.165, 1.54) is 12.3 Å². The van der Waals surface area contributed by atoms with Crippen molar-refractivity contribution in [1.29, 1.82) is 0 Å². The first-order valence-corrected chi connectivity index (χ1v) is 8.81. The molecule has 0 saturated carbocycles. The molecule has 1 aromatic heterocycles. The fourth-order valence-electron chi connectivity index (χ4n) is 2.69. The average Bonchev–Trinajstić information content (AvgIpc) is 3.20. The van der Waals surface area contributed by atoms with Gasteiger partial charge in [0.1, 0.15) is 18.4 Å². The Balaban J connectivity index is 1.90. The zero-order valence-corrected chi connectivity index (χ0v) is 15.6. The summed E-state index contributed by atoms with van der Waals surface area (Å²) in [6.45, 7) is 1.43. The van der Waals surface area contributed by atoms with Gasteiger partial charge in [0.2, 0.25) is 0 Å². The first kappa shape index (κ1) is 19.5. The van der Waals surface area contributed by atoms with E-state index in [4.69, 9.17) is 25.5 Å². The Bertz CT molecular complexity index is 922. The van der Waals surface area contributed by atoms with Crippen molar-refractivity contribution >= 4 is 29.6 Å². The van der Waals surface area contributed by atoms with Crippen molar-refractivity contribution in [1.82, 2.24) is 10.6 Å². The van der Waals surface area contributed by atoms with Crippen LogP contribution < -0.4 is 10.6 Å². The van der Waals surface area contributed by atoms with Gasteiger partial charge in [0.15, 0.2) is 0 Å². The number of ether oxygens (including phenoxy) is 2. The molecule has 1 atom stereocenters. The summed E-state index contributed by atoms with van der Waals surface area (Å²) in [5.74, 6) is -1.02. The molecule has 0 spiro atoms. The number of carbonyl (C=O) groups excluding carboxylic acids is 3. The third kappa shape index (κ3) is 4.17. The zero-order chi connectivity index (χ0) is 20.1. The first-order chi connectivity index (χ1) is 13.5. The van der Waals surface area contributed by atoms with Crippen LogP contribution in [0.4, 0.5) is 4.79 Å². The molecule has 1 unspecified atom stereocenters. The lowest BCUT2D eigenvalue weighted by molar-refractivity contribution is -0.139. The van der Waals surface area contributed by atoms with Gasteiger partial charge in [0, 0.05) is 0 Å². The van der Waals surface area contributed by atoms with Gasteiger partial charge in [-0.3, -0.25) is 0 Å². The molecule has 146 valence electrons. The normalized spacial score (nSPS) is 16.2. The predicted octanol–water partition coefficient (Wildman–Crippen LogP) is 2.96. The van der Waals surface area contributed by atoms with E-state index in [1.54, 1.807) is 37.3 Å². The molecule has 2 amide bonds. The van der Waals surface area contributed by atoms with Crippen molar-refractivity contribution in [3.05, 3.63) is 70.3 Å². The Morgan fingerprint density at radius 2 is 1.93 bits per heavy atom. The monoisotopic (exact) mass is 404 g/mol. The van der Waals surface area contributed by atoms with Crippen LogP contribution in [0.5, 0.6) is 0 Å². The Morgan fingerprint density at radius 1 is 1.14 bits per heavy atom. The molecular weight excluding hydrogens is 388 g/mol. The van der Waals surface area contributed by atoms with Crippen LogP contribution >= 0.6 is 11.6 Å². The number of hydrogen-bond donors (Lipinski definition) is 2. The summed E-state index contributed by atoms with van der Waals surface area (Å²) in [4.78, 5) is 36.9. The number of carbonyl (C=O) groups is 3. The summed E-state index contributed by atoms with van der Waals surface area (Å²) < 4.78 is 15.7. The van der Waals surface area contributed by atoms with Crippen LogP contribution in [0.3, 0.4) is 0 Å². The smallest absolute Gasteiger partial charge is 0.340 e. The maximum Gasteiger partial charge on any atom is 0.340 e. The number of amides is 2. The lowest BCUT2D eigenvalue weighted by Gasteiger charge is -2.27. The molecular formula is C19H17ClN2O6. The summed E-state index contributed by atoms with van der Waals surface area (Å²) >= 11 is 6.00. The molecule has 1 aliphatic heterocycles. The second-order valence-electron chi connectivity index (χ2n) is 5.72. The van der Waals surface area contributed by atoms with Crippen molar-refractivity contribution in [2.45, 2.75) is 13.0 Å². The number of esters is 2. The molecule has 0 saturated heterocycles. The number of nitrogens with one attached hydrogen (secondary N) is 2. The molecule has 1 aromatic carbocycles. The van der Waals surface area contributed by atoms with Crippen LogP contribution in [0, 0.1) is 0 Å². The topological polar surface area (TPSA) is 107 Å². The average molecular weight is 405 g/mol. The van der Waals surface area contributed by atoms with E-state index in [0.29, 0.717) is 5.76 Å². The van der Waals surface area contributed by atoms with Gasteiger partial charge < -0.3 is 24.5 Å². The maximum atomic E-state index is 12.5. The molecule has 1 aliphatic rings. The summed E-state index contributed by atoms with van der Waals surface area (Å²) in [6, 6.07) is 8.19. The minimum absolute atomic E-state index is 0.0864. The largest absolute Gasteiger partial charge is 0.467 e. The van der Waals surface area contributed by atoms with E-state index in [0.717, 1.165) is 0 Å². The van der Waals surface area contributed by atoms with Gasteiger partial charge in [-0.05, 0) is 31.2 Å². The van der Waals surface area contributed by atoms with Crippen molar-refractivity contribution < 1.29 is 28.3 Å². The third-order valence-electron chi connectivity index (χ3n) is 3.92. The minimum atomic E-state index is -0.878. The van der Waals surface area contributed by atoms with Gasteiger partial charge in [0.25, 0.3) is 0 Å². The molecule has 0 radical (unpaired) electrons. The molecule has 2 N–H and O–H groups in total. The highest BCUT2D eigenvalue weighted by molar-refractivity contribution is 6.33. The Morgan fingerprint density at radius 3 is 2.61 bits per heavy atom. The number of benzene rings is 1. The highest BCUT2D eigenvalue weighted by Gasteiger charge is 2.35. The number of urea groups is 1. The molecule has 3 rings (SSSR count). The summed E-state index contributed by atoms with van der Waals surface area (Å²) in [7, 11) is 0. The van der Waals surface area contributed by atoms with E-state index >= 15 is 0 Å². The second-order valence-corrected chi connectivity index (χ2v) is 6.12. The van der Waals surface area contributed by atoms with Crippen LogP contribution in [0.2, 0.25) is 5.02 Å². The van der Waals surface area contributed by atoms with E-state index in [-0.39, 0.29) is 35.1 Å². The Labute approximate surface area is 165 Å². The number of rotatable bonds is 6. The van der Waals surface area contributed by atoms with Crippen LogP contribution in [0.1, 0.15) is 29.1 Å². The summed E-state index contributed by atoms with van der Waals surface area (Å²) in [5, 5.41) is 5.33. The highest BCUT2D eigenvalue weighted by atomic mass is 35.5. The molecule has 28 heavy (non-hydrogen) atoms. The number of halogens is 1. The Hall–Kier alpha value is -3.26. The van der Waals surface area contributed by atoms with Crippen LogP contribution in [0.25, 0.3) is 0 Å². The lowest BCUT2D eigenvalue weighted by atomic mass is 10.0. The molecule has 8 nitrogen and oxygen atoms in total. The first-order valence-electron chi connectivity index (χ1n) is 8.44. The van der Waals surface area contributed by atoms with E-state index in [9.17, 15) is 14.4 Å². The molecule has 2 aromatic rings. The standard InChI is InChI=1S/C19H17ClN2O6/c1-2-26-18(24)15-13(10-28-17(23)11-6-3-4-7-12(11)20)21-19(25)22-16(15)14-8-5-9-27-14/h3-9,16H,2,10H2,1H3,(H2,21,22,25). The molecule has 2 heterocycles. The van der Waals surface area contributed by atoms with Gasteiger partial charge in [-0.2, -0.15) is 0 Å². The lowest BCUT2D eigenvalue weighted by Crippen LogP contribution is -2.47. The van der Waals surface area contributed by atoms with E-state index in [1.807, 2.05) is 0 Å². The van der Waals surface area contributed by atoms with Gasteiger partial charge in [-0.1, -0.05) is 23.7 Å². The summed E-state index contributed by atoms with van der Waals surface area (Å²) in [5.41, 5.74) is 0.359. The number of furan rings is 1. The van der Waals surface area contributed by atoms with Crippen LogP contribution in [0.15, 0.2) is 58.3 Å². The number of hydrogen-bond acceptors (Lipinski definition) is 6. The van der Waals surface area contributed by atoms with Crippen molar-refractivity contribution in [3.8, 4) is 0 Å². The van der Waals surface area contributed by atoms with Crippen LogP contribution in [-0.4, -0.2) is 31.2 Å². The van der Waals surface area contributed by atoms with Crippen molar-refractivity contribution in [2.75, 3.05) is 13.2 Å². The zero-order valence-electron chi connectivity index (χ0n) is 14.9. The minimum Gasteiger partial charge on any atom is -0.467 e. The van der Waals surface area contributed by atoms with Gasteiger partial charge in [-0.15, -0.1) is 0 Å². The Kier molecular flexibility index (Phi) is 6.00. The van der Waals surface area contributed by atoms with Gasteiger partial charge in [0.05, 0.1) is 34.7 Å². The van der Waals surface area contributed by atoms with Crippen LogP contribution in [-0.2, 0) is 14.3 Å². The summed E-state index contributed by atoms with van der Waals surface area (Å²) in [6.07, 6.45) is 1.42. The van der Waals surface area contributed by atoms with Crippen molar-refractivity contribution in [3.63, 3.8) is 0 Å². The highest BCUT2D eigenvalue weighted by Crippen LogP contribution is 2.28. The molecule has 0 aliphatic carbocycles. The molecule has 0 bridgehead atoms. The van der Waals surface area contributed by atoms with E-state index < -0.39 is 24.0 Å². The quantitative estimate of drug-likeness (QED) is 0.717. The fraction of sp³-hybridized carbons (Fsp3) is 0.211. The van der Waals surface area contributed by atoms with E-state index in [2.05, 4.69) is 10.6 Å². The van der Waals surface area contributed by atoms with Gasteiger partial charge >= 0.3 is 18.0 Å². The van der Waals surface area contributed by atoms with Crippen molar-refractivity contribution in [2.24, 2.45) is 0 Å². The van der Waals surface area contributed by atoms with Gasteiger partial charge in [-0.25, -0.2) is 14.4 Å². The second kappa shape index (κ2) is 8.62. The predicted molar refractivity (Wildman–Crippen MR) is 98.5 cm³/mol. The molecule has 0 fully saturated rings. The third-order valence-corrected chi connectivity index (χ3v) is 4.25. The fourth-order valence-corrected chi connectivity index (χ4v) is 2.91. The maximum absolute atomic E-state index is 12.5. The molecule has 9 heteroatoms.